The minimum Gasteiger partial charge on any atom is -0.369 e. The molecule has 0 spiro atoms. The summed E-state index contributed by atoms with van der Waals surface area (Å²) < 4.78 is 0.863. The van der Waals surface area contributed by atoms with Crippen LogP contribution in [0.3, 0.4) is 0 Å². The lowest BCUT2D eigenvalue weighted by atomic mass is 10.3. The molecule has 7 heteroatoms. The van der Waals surface area contributed by atoms with Crippen molar-refractivity contribution < 1.29 is 0 Å². The van der Waals surface area contributed by atoms with Gasteiger partial charge in [0.2, 0.25) is 5.95 Å². The third kappa shape index (κ3) is 3.64. The van der Waals surface area contributed by atoms with Gasteiger partial charge in [-0.15, -0.1) is 11.3 Å². The summed E-state index contributed by atoms with van der Waals surface area (Å²) in [5, 5.41) is 8.42. The number of nitrogens with zero attached hydrogens (tertiary/aromatic N) is 3. The van der Waals surface area contributed by atoms with Gasteiger partial charge in [0.25, 0.3) is 0 Å². The van der Waals surface area contributed by atoms with Gasteiger partial charge in [0.05, 0.1) is 15.7 Å². The van der Waals surface area contributed by atoms with Crippen LogP contribution in [0.4, 0.5) is 11.8 Å². The fourth-order valence-electron chi connectivity index (χ4n) is 1.40. The van der Waals surface area contributed by atoms with Gasteiger partial charge in [-0.1, -0.05) is 0 Å². The summed E-state index contributed by atoms with van der Waals surface area (Å²) in [6.45, 7) is 3.62. The van der Waals surface area contributed by atoms with E-state index in [0.717, 1.165) is 35.5 Å². The third-order valence-electron chi connectivity index (χ3n) is 2.24. The maximum absolute atomic E-state index is 4.38. The van der Waals surface area contributed by atoms with Crippen LogP contribution in [0.5, 0.6) is 0 Å². The van der Waals surface area contributed by atoms with Gasteiger partial charge in [-0.2, -0.15) is 4.98 Å². The lowest BCUT2D eigenvalue weighted by Crippen LogP contribution is -2.09. The molecule has 2 rings (SSSR count). The summed E-state index contributed by atoms with van der Waals surface area (Å²) in [7, 11) is 0. The Labute approximate surface area is 118 Å². The average Bonchev–Trinajstić information content (AvgIpc) is 2.86. The zero-order valence-corrected chi connectivity index (χ0v) is 12.4. The van der Waals surface area contributed by atoms with Crippen LogP contribution in [0.15, 0.2) is 21.6 Å². The monoisotopic (exact) mass is 327 g/mol. The molecule has 96 valence electrons. The Bertz CT molecular complexity index is 488. The summed E-state index contributed by atoms with van der Waals surface area (Å²) in [5.41, 5.74) is 2.95. The third-order valence-corrected chi connectivity index (χ3v) is 3.45. The first-order valence-corrected chi connectivity index (χ1v) is 7.40. The Morgan fingerprint density at radius 3 is 2.94 bits per heavy atom. The van der Waals surface area contributed by atoms with E-state index < -0.39 is 0 Å². The standard InChI is InChI=1S/C11H14BrN5S/c1-2-13-11-15-5-9(12)10(17-11)14-4-3-8-6-18-7-16-8/h5-7H,2-4H2,1H3,(H2,13,14,15,17). The number of halogens is 1. The molecule has 0 fully saturated rings. The molecule has 0 atom stereocenters. The van der Waals surface area contributed by atoms with Crippen LogP contribution >= 0.6 is 27.3 Å². The van der Waals surface area contributed by atoms with E-state index in [9.17, 15) is 0 Å². The maximum atomic E-state index is 4.38. The minimum atomic E-state index is 0.636. The first kappa shape index (κ1) is 13.2. The van der Waals surface area contributed by atoms with Crippen molar-refractivity contribution in [1.82, 2.24) is 15.0 Å². The van der Waals surface area contributed by atoms with Crippen molar-refractivity contribution in [3.63, 3.8) is 0 Å². The van der Waals surface area contributed by atoms with Crippen molar-refractivity contribution in [2.45, 2.75) is 13.3 Å². The molecule has 2 N–H and O–H groups in total. The second-order valence-electron chi connectivity index (χ2n) is 3.58. The summed E-state index contributed by atoms with van der Waals surface area (Å²) >= 11 is 5.05. The maximum Gasteiger partial charge on any atom is 0.224 e. The van der Waals surface area contributed by atoms with E-state index in [4.69, 9.17) is 0 Å². The summed E-state index contributed by atoms with van der Waals surface area (Å²) in [5.74, 6) is 1.44. The van der Waals surface area contributed by atoms with Gasteiger partial charge in [0, 0.05) is 31.1 Å². The van der Waals surface area contributed by atoms with Gasteiger partial charge in [0.1, 0.15) is 5.82 Å². The zero-order valence-electron chi connectivity index (χ0n) is 9.98. The normalized spacial score (nSPS) is 10.3. The molecule has 0 saturated heterocycles. The molecule has 0 aliphatic heterocycles. The fraction of sp³-hybridized carbons (Fsp3) is 0.364. The van der Waals surface area contributed by atoms with E-state index in [2.05, 4.69) is 46.9 Å². The Kier molecular flexibility index (Phi) is 4.89. The summed E-state index contributed by atoms with van der Waals surface area (Å²) in [6, 6.07) is 0. The molecule has 0 unspecified atom stereocenters. The molecule has 2 aromatic rings. The van der Waals surface area contributed by atoms with E-state index in [0.29, 0.717) is 5.95 Å². The number of anilines is 2. The summed E-state index contributed by atoms with van der Waals surface area (Å²) in [4.78, 5) is 12.8. The van der Waals surface area contributed by atoms with Gasteiger partial charge >= 0.3 is 0 Å². The Morgan fingerprint density at radius 2 is 2.22 bits per heavy atom. The number of aromatic nitrogens is 3. The van der Waals surface area contributed by atoms with Crippen molar-refractivity contribution in [2.24, 2.45) is 0 Å². The van der Waals surface area contributed by atoms with E-state index >= 15 is 0 Å². The molecule has 2 aromatic heterocycles. The molecular formula is C11H14BrN5S. The molecule has 0 amide bonds. The highest BCUT2D eigenvalue weighted by molar-refractivity contribution is 9.10. The van der Waals surface area contributed by atoms with E-state index in [1.54, 1.807) is 17.5 Å². The SMILES string of the molecule is CCNc1ncc(Br)c(NCCc2cscn2)n1. The van der Waals surface area contributed by atoms with Gasteiger partial charge in [-0.3, -0.25) is 0 Å². The van der Waals surface area contributed by atoms with Crippen LogP contribution in [0.2, 0.25) is 0 Å². The van der Waals surface area contributed by atoms with Crippen molar-refractivity contribution >= 4 is 39.0 Å². The summed E-state index contributed by atoms with van der Waals surface area (Å²) in [6.07, 6.45) is 2.63. The average molecular weight is 328 g/mol. The lowest BCUT2D eigenvalue weighted by molar-refractivity contribution is 0.960. The molecule has 0 radical (unpaired) electrons. The minimum absolute atomic E-state index is 0.636. The van der Waals surface area contributed by atoms with Crippen LogP contribution in [0.1, 0.15) is 12.6 Å². The first-order chi connectivity index (χ1) is 8.79. The Balaban J connectivity index is 1.93. The predicted octanol–water partition coefficient (Wildman–Crippen LogP) is 2.78. The second-order valence-corrected chi connectivity index (χ2v) is 5.15. The molecule has 0 aliphatic rings. The van der Waals surface area contributed by atoms with Crippen LogP contribution in [-0.4, -0.2) is 28.0 Å². The molecular weight excluding hydrogens is 314 g/mol. The second kappa shape index (κ2) is 6.65. The van der Waals surface area contributed by atoms with Gasteiger partial charge in [-0.25, -0.2) is 9.97 Å². The molecule has 18 heavy (non-hydrogen) atoms. The van der Waals surface area contributed by atoms with E-state index in [1.165, 1.54) is 0 Å². The highest BCUT2D eigenvalue weighted by atomic mass is 79.9. The van der Waals surface area contributed by atoms with Gasteiger partial charge in [-0.05, 0) is 22.9 Å². The molecule has 0 aromatic carbocycles. The van der Waals surface area contributed by atoms with Gasteiger partial charge < -0.3 is 10.6 Å². The molecule has 0 bridgehead atoms. The first-order valence-electron chi connectivity index (χ1n) is 5.67. The lowest BCUT2D eigenvalue weighted by Gasteiger charge is -2.08. The van der Waals surface area contributed by atoms with Crippen molar-refractivity contribution in [2.75, 3.05) is 23.7 Å². The highest BCUT2D eigenvalue weighted by Gasteiger charge is 2.04. The van der Waals surface area contributed by atoms with E-state index in [1.807, 2.05) is 12.4 Å². The number of nitrogens with one attached hydrogen (secondary N) is 2. The number of rotatable bonds is 6. The number of hydrogen-bond donors (Lipinski definition) is 2. The Hall–Kier alpha value is -1.21. The molecule has 0 saturated carbocycles. The van der Waals surface area contributed by atoms with Crippen LogP contribution < -0.4 is 10.6 Å². The topological polar surface area (TPSA) is 62.7 Å². The van der Waals surface area contributed by atoms with Gasteiger partial charge in [0.15, 0.2) is 0 Å². The smallest absolute Gasteiger partial charge is 0.224 e. The Morgan fingerprint density at radius 1 is 1.33 bits per heavy atom. The number of thiazole rings is 1. The highest BCUT2D eigenvalue weighted by Crippen LogP contribution is 2.19. The number of hydrogen-bond acceptors (Lipinski definition) is 6. The fourth-order valence-corrected chi connectivity index (χ4v) is 2.33. The van der Waals surface area contributed by atoms with Crippen molar-refractivity contribution in [3.8, 4) is 0 Å². The predicted molar refractivity (Wildman–Crippen MR) is 78.2 cm³/mol. The van der Waals surface area contributed by atoms with Crippen molar-refractivity contribution in [3.05, 3.63) is 27.3 Å². The largest absolute Gasteiger partial charge is 0.369 e. The zero-order chi connectivity index (χ0) is 12.8. The van der Waals surface area contributed by atoms with Crippen LogP contribution in [-0.2, 0) is 6.42 Å². The van der Waals surface area contributed by atoms with E-state index in [-0.39, 0.29) is 0 Å². The van der Waals surface area contributed by atoms with Crippen molar-refractivity contribution in [1.29, 1.82) is 0 Å². The quantitative estimate of drug-likeness (QED) is 0.854. The molecule has 0 aliphatic carbocycles. The molecule has 5 nitrogen and oxygen atoms in total. The molecule has 2 heterocycles. The van der Waals surface area contributed by atoms with Crippen LogP contribution in [0.25, 0.3) is 0 Å². The van der Waals surface area contributed by atoms with Crippen LogP contribution in [0, 0.1) is 0 Å².